The summed E-state index contributed by atoms with van der Waals surface area (Å²) in [5.74, 6) is -0.731. The number of aliphatic carboxylic acids is 1. The molecule has 0 unspecified atom stereocenters. The number of nitrogens with zero attached hydrogens (tertiary/aromatic N) is 1. The summed E-state index contributed by atoms with van der Waals surface area (Å²) in [7, 11) is 1.97. The fourth-order valence-corrected chi connectivity index (χ4v) is 1.88. The molecule has 0 heterocycles. The Hall–Kier alpha value is -1.35. The molecule has 0 fully saturated rings. The predicted molar refractivity (Wildman–Crippen MR) is 73.9 cm³/mol. The number of aryl methyl sites for hydroxylation is 1. The van der Waals surface area contributed by atoms with Gasteiger partial charge in [-0.15, -0.1) is 0 Å². The Morgan fingerprint density at radius 3 is 2.17 bits per heavy atom. The van der Waals surface area contributed by atoms with Crippen LogP contribution in [0.1, 0.15) is 30.9 Å². The third-order valence-electron chi connectivity index (χ3n) is 3.05. The largest absolute Gasteiger partial charge is 0.481 e. The van der Waals surface area contributed by atoms with Crippen molar-refractivity contribution in [2.24, 2.45) is 0 Å². The van der Waals surface area contributed by atoms with Gasteiger partial charge in [0.05, 0.1) is 6.42 Å². The first kappa shape index (κ1) is 14.7. The molecule has 0 atom stereocenters. The first-order valence-corrected chi connectivity index (χ1v) is 6.60. The van der Waals surface area contributed by atoms with Gasteiger partial charge in [-0.05, 0) is 31.0 Å². The van der Waals surface area contributed by atoms with Crippen LogP contribution in [0.2, 0.25) is 0 Å². The molecule has 18 heavy (non-hydrogen) atoms. The fraction of sp³-hybridized carbons (Fsp3) is 0.533. The van der Waals surface area contributed by atoms with Crippen LogP contribution in [0.15, 0.2) is 24.3 Å². The van der Waals surface area contributed by atoms with E-state index in [9.17, 15) is 4.79 Å². The van der Waals surface area contributed by atoms with Crippen LogP contribution in [0, 0.1) is 0 Å². The van der Waals surface area contributed by atoms with Crippen molar-refractivity contribution in [3.63, 3.8) is 0 Å². The molecule has 3 heteroatoms. The second-order valence-electron chi connectivity index (χ2n) is 4.76. The number of benzene rings is 1. The number of rotatable bonds is 8. The Bertz CT molecular complexity index is 359. The van der Waals surface area contributed by atoms with Crippen LogP contribution in [0.3, 0.4) is 0 Å². The van der Waals surface area contributed by atoms with E-state index in [0.717, 1.165) is 19.4 Å². The number of likely N-dealkylation sites (N-methyl/N-ethyl adjacent to an activating group) is 1. The summed E-state index contributed by atoms with van der Waals surface area (Å²) in [5, 5.41) is 8.60. The molecule has 0 spiro atoms. The lowest BCUT2D eigenvalue weighted by Crippen LogP contribution is -2.24. The van der Waals surface area contributed by atoms with Gasteiger partial charge >= 0.3 is 5.97 Å². The highest BCUT2D eigenvalue weighted by molar-refractivity contribution is 5.66. The maximum Gasteiger partial charge on any atom is 0.304 e. The average Bonchev–Trinajstić information content (AvgIpc) is 2.36. The molecule has 0 aliphatic heterocycles. The van der Waals surface area contributed by atoms with Crippen molar-refractivity contribution in [1.29, 1.82) is 0 Å². The van der Waals surface area contributed by atoms with Gasteiger partial charge in [-0.1, -0.05) is 37.6 Å². The van der Waals surface area contributed by atoms with Crippen molar-refractivity contribution in [2.75, 3.05) is 20.1 Å². The number of hydrogen-bond acceptors (Lipinski definition) is 2. The second-order valence-corrected chi connectivity index (χ2v) is 4.76. The van der Waals surface area contributed by atoms with Crippen LogP contribution in [0.25, 0.3) is 0 Å². The smallest absolute Gasteiger partial charge is 0.304 e. The van der Waals surface area contributed by atoms with E-state index < -0.39 is 5.97 Å². The first-order chi connectivity index (χ1) is 8.61. The maximum absolute atomic E-state index is 10.5. The van der Waals surface area contributed by atoms with E-state index in [2.05, 4.69) is 36.1 Å². The molecule has 100 valence electrons. The van der Waals surface area contributed by atoms with Crippen molar-refractivity contribution in [3.05, 3.63) is 35.4 Å². The zero-order valence-electron chi connectivity index (χ0n) is 11.4. The highest BCUT2D eigenvalue weighted by Gasteiger charge is 2.03. The third-order valence-corrected chi connectivity index (χ3v) is 3.05. The Balaban J connectivity index is 2.31. The molecule has 0 radical (unpaired) electrons. The molecule has 0 amide bonds. The minimum Gasteiger partial charge on any atom is -0.481 e. The quantitative estimate of drug-likeness (QED) is 0.770. The standard InChI is InChI=1S/C15H23NO2/c1-3-4-13-5-7-14(8-6-13)9-11-16(2)12-10-15(17)18/h5-8H,3-4,9-12H2,1-2H3,(H,17,18). The Labute approximate surface area is 109 Å². The van der Waals surface area contributed by atoms with Crippen LogP contribution in [0.5, 0.6) is 0 Å². The molecule has 0 aliphatic carbocycles. The van der Waals surface area contributed by atoms with Gasteiger partial charge in [-0.3, -0.25) is 4.79 Å². The molecule has 0 saturated carbocycles. The molecule has 1 aromatic carbocycles. The summed E-state index contributed by atoms with van der Waals surface area (Å²) in [6.07, 6.45) is 3.50. The van der Waals surface area contributed by atoms with E-state index >= 15 is 0 Å². The van der Waals surface area contributed by atoms with E-state index in [0.29, 0.717) is 6.54 Å². The topological polar surface area (TPSA) is 40.5 Å². The summed E-state index contributed by atoms with van der Waals surface area (Å²) in [4.78, 5) is 12.5. The summed E-state index contributed by atoms with van der Waals surface area (Å²) in [5.41, 5.74) is 2.71. The van der Waals surface area contributed by atoms with Gasteiger partial charge in [0.15, 0.2) is 0 Å². The van der Waals surface area contributed by atoms with Crippen molar-refractivity contribution in [3.8, 4) is 0 Å². The molecule has 0 aliphatic rings. The van der Waals surface area contributed by atoms with E-state index in [4.69, 9.17) is 5.11 Å². The van der Waals surface area contributed by atoms with Crippen molar-refractivity contribution in [1.82, 2.24) is 4.90 Å². The minimum atomic E-state index is -0.731. The molecule has 0 saturated heterocycles. The highest BCUT2D eigenvalue weighted by Crippen LogP contribution is 2.07. The van der Waals surface area contributed by atoms with Crippen LogP contribution >= 0.6 is 0 Å². The molecule has 0 aromatic heterocycles. The SMILES string of the molecule is CCCc1ccc(CCN(C)CCC(=O)O)cc1. The van der Waals surface area contributed by atoms with E-state index in [1.165, 1.54) is 17.5 Å². The van der Waals surface area contributed by atoms with Gasteiger partial charge < -0.3 is 10.0 Å². The van der Waals surface area contributed by atoms with Crippen LogP contribution in [-0.4, -0.2) is 36.1 Å². The van der Waals surface area contributed by atoms with Gasteiger partial charge in [0.1, 0.15) is 0 Å². The van der Waals surface area contributed by atoms with Gasteiger partial charge in [-0.2, -0.15) is 0 Å². The first-order valence-electron chi connectivity index (χ1n) is 6.60. The lowest BCUT2D eigenvalue weighted by Gasteiger charge is -2.15. The molecule has 0 bridgehead atoms. The van der Waals surface area contributed by atoms with Gasteiger partial charge in [0.25, 0.3) is 0 Å². The van der Waals surface area contributed by atoms with Crippen molar-refractivity contribution < 1.29 is 9.90 Å². The second kappa shape index (κ2) is 7.88. The zero-order valence-corrected chi connectivity index (χ0v) is 11.4. The van der Waals surface area contributed by atoms with Gasteiger partial charge in [-0.25, -0.2) is 0 Å². The average molecular weight is 249 g/mol. The Kier molecular flexibility index (Phi) is 6.44. The molecule has 3 nitrogen and oxygen atoms in total. The van der Waals surface area contributed by atoms with Crippen LogP contribution < -0.4 is 0 Å². The summed E-state index contributed by atoms with van der Waals surface area (Å²) in [6, 6.07) is 8.73. The van der Waals surface area contributed by atoms with Crippen molar-refractivity contribution in [2.45, 2.75) is 32.6 Å². The summed E-state index contributed by atoms with van der Waals surface area (Å²) in [6.45, 7) is 3.70. The number of carbonyl (C=O) groups is 1. The van der Waals surface area contributed by atoms with Crippen LogP contribution in [-0.2, 0) is 17.6 Å². The molecule has 1 N–H and O–H groups in total. The minimum absolute atomic E-state index is 0.214. The van der Waals surface area contributed by atoms with E-state index in [-0.39, 0.29) is 6.42 Å². The Morgan fingerprint density at radius 2 is 1.67 bits per heavy atom. The third kappa shape index (κ3) is 5.82. The normalized spacial score (nSPS) is 10.8. The molecule has 1 rings (SSSR count). The predicted octanol–water partition coefficient (Wildman–Crippen LogP) is 2.59. The monoisotopic (exact) mass is 249 g/mol. The van der Waals surface area contributed by atoms with Crippen LogP contribution in [0.4, 0.5) is 0 Å². The Morgan fingerprint density at radius 1 is 1.11 bits per heavy atom. The summed E-state index contributed by atoms with van der Waals surface area (Å²) >= 11 is 0. The van der Waals surface area contributed by atoms with Gasteiger partial charge in [0.2, 0.25) is 0 Å². The molecular weight excluding hydrogens is 226 g/mol. The highest BCUT2D eigenvalue weighted by atomic mass is 16.4. The number of carboxylic acid groups (broad SMARTS) is 1. The van der Waals surface area contributed by atoms with E-state index in [1.54, 1.807) is 0 Å². The number of hydrogen-bond donors (Lipinski definition) is 1. The lowest BCUT2D eigenvalue weighted by molar-refractivity contribution is -0.137. The fourth-order valence-electron chi connectivity index (χ4n) is 1.88. The molecule has 1 aromatic rings. The van der Waals surface area contributed by atoms with Gasteiger partial charge in [0, 0.05) is 13.1 Å². The lowest BCUT2D eigenvalue weighted by atomic mass is 10.1. The zero-order chi connectivity index (χ0) is 13.4. The van der Waals surface area contributed by atoms with Crippen molar-refractivity contribution >= 4 is 5.97 Å². The summed E-state index contributed by atoms with van der Waals surface area (Å²) < 4.78 is 0. The maximum atomic E-state index is 10.5. The van der Waals surface area contributed by atoms with E-state index in [1.807, 2.05) is 7.05 Å². The molecular formula is C15H23NO2. The number of carboxylic acids is 1.